The van der Waals surface area contributed by atoms with Gasteiger partial charge in [-0.15, -0.1) is 0 Å². The minimum absolute atomic E-state index is 0.00706. The summed E-state index contributed by atoms with van der Waals surface area (Å²) in [6.07, 6.45) is -4.75. The molecule has 5 rings (SSSR count). The van der Waals surface area contributed by atoms with Crippen LogP contribution in [0.15, 0.2) is 101 Å². The van der Waals surface area contributed by atoms with Crippen LogP contribution in [0.5, 0.6) is 0 Å². The van der Waals surface area contributed by atoms with E-state index < -0.39 is 45.3 Å². The first-order valence-electron chi connectivity index (χ1n) is 14.1. The Morgan fingerprint density at radius 1 is 0.891 bits per heavy atom. The minimum Gasteiger partial charge on any atom is -0.456 e. The molecule has 238 valence electrons. The van der Waals surface area contributed by atoms with Crippen LogP contribution in [0.3, 0.4) is 0 Å². The maximum atomic E-state index is 15.2. The lowest BCUT2D eigenvalue weighted by Gasteiger charge is -2.19. The van der Waals surface area contributed by atoms with Gasteiger partial charge in [0.25, 0.3) is 10.1 Å². The third-order valence-corrected chi connectivity index (χ3v) is 8.22. The van der Waals surface area contributed by atoms with Gasteiger partial charge in [0.2, 0.25) is 5.91 Å². The zero-order chi connectivity index (χ0) is 33.1. The fourth-order valence-electron chi connectivity index (χ4n) is 5.00. The number of hydrogen-bond donors (Lipinski definition) is 2. The molecule has 5 aromatic rings. The van der Waals surface area contributed by atoms with Crippen LogP contribution in [0.2, 0.25) is 0 Å². The Kier molecular flexibility index (Phi) is 9.40. The van der Waals surface area contributed by atoms with E-state index in [1.807, 2.05) is 18.2 Å². The normalized spacial score (nSPS) is 12.6. The number of amides is 1. The van der Waals surface area contributed by atoms with Gasteiger partial charge in [-0.1, -0.05) is 54.6 Å². The summed E-state index contributed by atoms with van der Waals surface area (Å²) in [5, 5.41) is 3.39. The predicted molar refractivity (Wildman–Crippen MR) is 165 cm³/mol. The predicted octanol–water partition coefficient (Wildman–Crippen LogP) is 8.07. The van der Waals surface area contributed by atoms with Crippen molar-refractivity contribution < 1.29 is 44.5 Å². The quantitative estimate of drug-likeness (QED) is 0.0847. The third-order valence-electron chi connectivity index (χ3n) is 7.42. The van der Waals surface area contributed by atoms with Crippen LogP contribution in [0.1, 0.15) is 45.8 Å². The lowest BCUT2D eigenvalue weighted by molar-refractivity contribution is -0.137. The Morgan fingerprint density at radius 3 is 2.22 bits per heavy atom. The summed E-state index contributed by atoms with van der Waals surface area (Å²) in [6, 6.07) is 23.5. The summed E-state index contributed by atoms with van der Waals surface area (Å²) in [7, 11) is -4.19. The molecule has 0 saturated carbocycles. The summed E-state index contributed by atoms with van der Waals surface area (Å²) in [4.78, 5) is 26.0. The monoisotopic (exact) mass is 653 g/mol. The van der Waals surface area contributed by atoms with E-state index in [-0.39, 0.29) is 41.9 Å². The van der Waals surface area contributed by atoms with Gasteiger partial charge in [0, 0.05) is 22.9 Å². The molecule has 2 N–H and O–H groups in total. The number of carbonyl (C=O) groups excluding carboxylic acids is 2. The maximum Gasteiger partial charge on any atom is 0.416 e. The van der Waals surface area contributed by atoms with E-state index in [9.17, 15) is 31.2 Å². The van der Waals surface area contributed by atoms with Gasteiger partial charge in [0.15, 0.2) is 5.78 Å². The second-order valence-corrected chi connectivity index (χ2v) is 12.3. The molecule has 12 heteroatoms. The Balaban J connectivity index is 1.36. The molecule has 7 nitrogen and oxygen atoms in total. The molecule has 1 amide bonds. The number of hydrogen-bond acceptors (Lipinski definition) is 5. The molecule has 0 radical (unpaired) electrons. The summed E-state index contributed by atoms with van der Waals surface area (Å²) >= 11 is 0. The average molecular weight is 654 g/mol. The van der Waals surface area contributed by atoms with Crippen molar-refractivity contribution >= 4 is 38.5 Å². The summed E-state index contributed by atoms with van der Waals surface area (Å²) in [6.45, 7) is 0. The van der Waals surface area contributed by atoms with Crippen LogP contribution >= 0.6 is 0 Å². The molecule has 0 fully saturated rings. The number of alkyl halides is 3. The Hall–Kier alpha value is -4.81. The number of fused-ring (bicyclic) bond motifs is 1. The van der Waals surface area contributed by atoms with Gasteiger partial charge in [0.05, 0.1) is 22.9 Å². The molecule has 1 heterocycles. The van der Waals surface area contributed by atoms with E-state index >= 15 is 4.39 Å². The van der Waals surface area contributed by atoms with Gasteiger partial charge in [0.1, 0.15) is 17.2 Å². The third kappa shape index (κ3) is 8.06. The highest BCUT2D eigenvalue weighted by molar-refractivity contribution is 7.85. The van der Waals surface area contributed by atoms with Crippen molar-refractivity contribution in [3.05, 3.63) is 125 Å². The van der Waals surface area contributed by atoms with Crippen LogP contribution in [-0.2, 0) is 27.5 Å². The minimum atomic E-state index is -4.58. The molecule has 1 atom stereocenters. The molecule has 0 aliphatic rings. The van der Waals surface area contributed by atoms with Gasteiger partial charge in [-0.05, 0) is 66.4 Å². The Bertz CT molecular complexity index is 1950. The number of Topliss-reactive ketones (excluding diaryl/α,β-unsaturated/α-hetero) is 1. The second-order valence-electron chi connectivity index (χ2n) is 10.7. The van der Waals surface area contributed by atoms with Crippen molar-refractivity contribution in [1.29, 1.82) is 0 Å². The van der Waals surface area contributed by atoms with E-state index in [1.165, 1.54) is 36.4 Å². The molecule has 0 aliphatic heterocycles. The van der Waals surface area contributed by atoms with Crippen LogP contribution in [0, 0.1) is 5.82 Å². The van der Waals surface area contributed by atoms with Crippen molar-refractivity contribution in [2.75, 3.05) is 11.1 Å². The van der Waals surface area contributed by atoms with Crippen LogP contribution in [0.25, 0.3) is 22.3 Å². The largest absolute Gasteiger partial charge is 0.456 e. The first kappa shape index (κ1) is 32.6. The number of para-hydroxylation sites is 1. The topological polar surface area (TPSA) is 114 Å². The van der Waals surface area contributed by atoms with Crippen LogP contribution < -0.4 is 5.32 Å². The average Bonchev–Trinajstić information content (AvgIpc) is 3.45. The van der Waals surface area contributed by atoms with Gasteiger partial charge in [-0.25, -0.2) is 4.39 Å². The highest BCUT2D eigenvalue weighted by Gasteiger charge is 2.31. The molecule has 0 bridgehead atoms. The molecular weight excluding hydrogens is 626 g/mol. The molecule has 4 aromatic carbocycles. The van der Waals surface area contributed by atoms with E-state index in [2.05, 4.69) is 5.32 Å². The van der Waals surface area contributed by atoms with Crippen molar-refractivity contribution in [2.45, 2.75) is 31.4 Å². The number of rotatable bonds is 11. The number of nitrogens with one attached hydrogen (secondary N) is 1. The molecule has 0 aliphatic carbocycles. The van der Waals surface area contributed by atoms with Crippen molar-refractivity contribution in [3.8, 4) is 11.3 Å². The maximum absolute atomic E-state index is 15.2. The number of anilines is 1. The number of halogens is 4. The van der Waals surface area contributed by atoms with Gasteiger partial charge >= 0.3 is 6.18 Å². The van der Waals surface area contributed by atoms with Crippen molar-refractivity contribution in [3.63, 3.8) is 0 Å². The summed E-state index contributed by atoms with van der Waals surface area (Å²) in [5.74, 6) is -2.91. The Morgan fingerprint density at radius 2 is 1.59 bits per heavy atom. The molecule has 1 unspecified atom stereocenters. The molecular formula is C34H27F4NO6S. The van der Waals surface area contributed by atoms with Gasteiger partial charge in [-0.3, -0.25) is 14.1 Å². The highest BCUT2D eigenvalue weighted by atomic mass is 32.2. The fraction of sp³-hybridized carbons (Fsp3) is 0.176. The molecule has 46 heavy (non-hydrogen) atoms. The number of ketones is 1. The smallest absolute Gasteiger partial charge is 0.416 e. The van der Waals surface area contributed by atoms with Gasteiger partial charge in [-0.2, -0.15) is 21.6 Å². The summed E-state index contributed by atoms with van der Waals surface area (Å²) in [5.41, 5.74) is 1.15. The number of carbonyl (C=O) groups is 2. The zero-order valence-electron chi connectivity index (χ0n) is 24.1. The number of benzene rings is 4. The number of furan rings is 1. The summed E-state index contributed by atoms with van der Waals surface area (Å²) < 4.78 is 91.3. The highest BCUT2D eigenvalue weighted by Crippen LogP contribution is 2.33. The van der Waals surface area contributed by atoms with Crippen molar-refractivity contribution in [1.82, 2.24) is 0 Å². The second kappa shape index (κ2) is 13.3. The lowest BCUT2D eigenvalue weighted by Crippen LogP contribution is -2.24. The fourth-order valence-corrected chi connectivity index (χ4v) is 5.51. The van der Waals surface area contributed by atoms with Gasteiger partial charge < -0.3 is 9.73 Å². The zero-order valence-corrected chi connectivity index (χ0v) is 24.9. The van der Waals surface area contributed by atoms with Crippen molar-refractivity contribution in [2.24, 2.45) is 0 Å². The Labute approximate surface area is 261 Å². The first-order valence-corrected chi connectivity index (χ1v) is 15.7. The van der Waals surface area contributed by atoms with Crippen LogP contribution in [-0.4, -0.2) is 30.4 Å². The van der Waals surface area contributed by atoms with E-state index in [0.717, 1.165) is 17.5 Å². The first-order chi connectivity index (χ1) is 21.8. The molecule has 0 saturated heterocycles. The van der Waals surface area contributed by atoms with E-state index in [0.29, 0.717) is 22.5 Å². The van der Waals surface area contributed by atoms with E-state index in [4.69, 9.17) is 8.97 Å². The van der Waals surface area contributed by atoms with Crippen LogP contribution in [0.4, 0.5) is 23.2 Å². The SMILES string of the molecule is O=C(CCCS(=O)(=O)O)c1ccc(CC(C(=O)Nc2ccc(-c3cc4ccccc4o3)cc2F)c2ccc(C(F)(F)F)cc2)cc1. The molecule has 0 spiro atoms. The standard InChI is InChI=1S/C34H27F4NO6S/c35-28-19-25(32-20-24-4-1-2-6-31(24)45-32)13-16-29(28)39-33(41)27(22-11-14-26(15-12-22)34(36,37)38)18-21-7-9-23(10-8-21)30(40)5-3-17-46(42,43)44/h1-2,4,6-16,19-20,27H,3,5,17-18H2,(H,39,41)(H,42,43,44). The lowest BCUT2D eigenvalue weighted by atomic mass is 9.89. The van der Waals surface area contributed by atoms with E-state index in [1.54, 1.807) is 30.3 Å². The molecule has 1 aromatic heterocycles.